The average molecular weight is 318 g/mol. The van der Waals surface area contributed by atoms with Gasteiger partial charge in [-0.2, -0.15) is 0 Å². The molecule has 1 aliphatic heterocycles. The van der Waals surface area contributed by atoms with Gasteiger partial charge >= 0.3 is 0 Å². The van der Waals surface area contributed by atoms with Crippen LogP contribution < -0.4 is 15.0 Å². The van der Waals surface area contributed by atoms with Gasteiger partial charge in [0.05, 0.1) is 11.6 Å². The summed E-state index contributed by atoms with van der Waals surface area (Å²) in [6, 6.07) is 5.63. The fourth-order valence-corrected chi connectivity index (χ4v) is 2.89. The van der Waals surface area contributed by atoms with Crippen LogP contribution in [0.4, 0.5) is 0 Å². The summed E-state index contributed by atoms with van der Waals surface area (Å²) in [7, 11) is 1.98. The van der Waals surface area contributed by atoms with Crippen molar-refractivity contribution >= 4 is 10.9 Å². The molecule has 2 aromatic rings. The number of hydrogen-bond donors (Lipinski definition) is 1. The summed E-state index contributed by atoms with van der Waals surface area (Å²) >= 11 is 0. The summed E-state index contributed by atoms with van der Waals surface area (Å²) in [5.74, 6) is 1.39. The normalized spacial score (nSPS) is 14.6. The number of likely N-dealkylation sites (N-methyl/N-ethyl adjacent to an activating group) is 1. The topological polar surface area (TPSA) is 63.8 Å². The van der Waals surface area contributed by atoms with Gasteiger partial charge in [0.15, 0.2) is 11.5 Å². The zero-order valence-corrected chi connectivity index (χ0v) is 13.7. The number of ether oxygens (including phenoxy) is 3. The second-order valence-corrected chi connectivity index (χ2v) is 5.88. The van der Waals surface area contributed by atoms with Crippen LogP contribution in [0.5, 0.6) is 11.5 Å². The summed E-state index contributed by atoms with van der Waals surface area (Å²) in [5.41, 5.74) is 1.41. The van der Waals surface area contributed by atoms with E-state index in [-0.39, 0.29) is 18.5 Å². The fraction of sp³-hybridized carbons (Fsp3) is 0.471. The lowest BCUT2D eigenvalue weighted by molar-refractivity contribution is 0.0503. The summed E-state index contributed by atoms with van der Waals surface area (Å²) in [6.45, 7) is 6.27. The number of nitrogens with zero attached hydrogens (tertiary/aromatic N) is 1. The van der Waals surface area contributed by atoms with Crippen molar-refractivity contribution in [3.8, 4) is 11.5 Å². The zero-order chi connectivity index (χ0) is 16.4. The smallest absolute Gasteiger partial charge is 0.252 e. The van der Waals surface area contributed by atoms with Crippen LogP contribution >= 0.6 is 0 Å². The summed E-state index contributed by atoms with van der Waals surface area (Å²) in [4.78, 5) is 17.3. The number of benzene rings is 1. The van der Waals surface area contributed by atoms with Crippen LogP contribution in [-0.4, -0.2) is 43.0 Å². The van der Waals surface area contributed by atoms with Crippen molar-refractivity contribution in [3.63, 3.8) is 0 Å². The Bertz CT molecular complexity index is 756. The van der Waals surface area contributed by atoms with Crippen molar-refractivity contribution in [1.82, 2.24) is 9.88 Å². The maximum atomic E-state index is 12.3. The molecule has 0 saturated carbocycles. The van der Waals surface area contributed by atoms with Gasteiger partial charge in [-0.1, -0.05) is 0 Å². The quantitative estimate of drug-likeness (QED) is 0.884. The minimum atomic E-state index is -0.0766. The highest BCUT2D eigenvalue weighted by molar-refractivity contribution is 5.83. The monoisotopic (exact) mass is 318 g/mol. The summed E-state index contributed by atoms with van der Waals surface area (Å²) in [6.07, 6.45) is 0.137. The molecule has 0 amide bonds. The highest BCUT2D eigenvalue weighted by Gasteiger charge is 2.16. The molecular formula is C17H22N2O4. The van der Waals surface area contributed by atoms with E-state index in [1.54, 1.807) is 0 Å². The van der Waals surface area contributed by atoms with E-state index in [1.807, 2.05) is 39.1 Å². The first-order valence-electron chi connectivity index (χ1n) is 7.82. The van der Waals surface area contributed by atoms with E-state index >= 15 is 0 Å². The number of aromatic amines is 1. The molecule has 0 unspecified atom stereocenters. The van der Waals surface area contributed by atoms with Crippen molar-refractivity contribution < 1.29 is 14.2 Å². The molecule has 0 radical (unpaired) electrons. The van der Waals surface area contributed by atoms with E-state index in [4.69, 9.17) is 14.2 Å². The molecule has 1 atom stereocenters. The van der Waals surface area contributed by atoms with Gasteiger partial charge in [-0.3, -0.25) is 9.69 Å². The molecule has 0 aliphatic carbocycles. The van der Waals surface area contributed by atoms with E-state index in [0.29, 0.717) is 24.7 Å². The first-order chi connectivity index (χ1) is 11.1. The van der Waals surface area contributed by atoms with Crippen molar-refractivity contribution in [1.29, 1.82) is 0 Å². The summed E-state index contributed by atoms with van der Waals surface area (Å²) in [5, 5.41) is 0.940. The molecule has 3 rings (SSSR count). The highest BCUT2D eigenvalue weighted by atomic mass is 16.7. The molecule has 2 heterocycles. The van der Waals surface area contributed by atoms with Gasteiger partial charge < -0.3 is 19.2 Å². The van der Waals surface area contributed by atoms with Crippen LogP contribution in [0.15, 0.2) is 23.0 Å². The van der Waals surface area contributed by atoms with Gasteiger partial charge in [0.25, 0.3) is 5.56 Å². The number of rotatable bonds is 6. The van der Waals surface area contributed by atoms with Crippen LogP contribution in [-0.2, 0) is 11.3 Å². The van der Waals surface area contributed by atoms with E-state index in [0.717, 1.165) is 23.0 Å². The molecular weight excluding hydrogens is 296 g/mol. The minimum absolute atomic E-state index is 0.0766. The zero-order valence-electron chi connectivity index (χ0n) is 13.7. The Morgan fingerprint density at radius 3 is 2.78 bits per heavy atom. The van der Waals surface area contributed by atoms with Crippen molar-refractivity contribution in [3.05, 3.63) is 34.1 Å². The molecule has 0 spiro atoms. The van der Waals surface area contributed by atoms with Gasteiger partial charge in [-0.15, -0.1) is 0 Å². The number of hydrogen-bond acceptors (Lipinski definition) is 5. The molecule has 1 N–H and O–H groups in total. The SMILES string of the molecule is CCO[C@H](C)CN(C)Cc1cc2cc3c(cc2[nH]c1=O)OCO3. The number of fused-ring (bicyclic) bond motifs is 2. The van der Waals surface area contributed by atoms with E-state index < -0.39 is 0 Å². The van der Waals surface area contributed by atoms with Crippen LogP contribution in [0, 0.1) is 0 Å². The Morgan fingerprint density at radius 2 is 2.04 bits per heavy atom. The number of nitrogens with one attached hydrogen (secondary N) is 1. The van der Waals surface area contributed by atoms with Gasteiger partial charge in [-0.25, -0.2) is 0 Å². The third-order valence-electron chi connectivity index (χ3n) is 3.87. The largest absolute Gasteiger partial charge is 0.454 e. The Balaban J connectivity index is 1.82. The number of H-pyrrole nitrogens is 1. The molecule has 0 fully saturated rings. The van der Waals surface area contributed by atoms with Crippen LogP contribution in [0.3, 0.4) is 0 Å². The lowest BCUT2D eigenvalue weighted by Gasteiger charge is -2.21. The second kappa shape index (κ2) is 6.60. The molecule has 6 nitrogen and oxygen atoms in total. The average Bonchev–Trinajstić information content (AvgIpc) is 2.93. The predicted molar refractivity (Wildman–Crippen MR) is 88.1 cm³/mol. The van der Waals surface area contributed by atoms with Gasteiger partial charge in [0.1, 0.15) is 0 Å². The molecule has 0 bridgehead atoms. The predicted octanol–water partition coefficient (Wildman–Crippen LogP) is 2.11. The Morgan fingerprint density at radius 1 is 1.30 bits per heavy atom. The molecule has 23 heavy (non-hydrogen) atoms. The Kier molecular flexibility index (Phi) is 4.54. The van der Waals surface area contributed by atoms with Crippen LogP contribution in [0.25, 0.3) is 10.9 Å². The molecule has 124 valence electrons. The Labute approximate surface area is 135 Å². The van der Waals surface area contributed by atoms with E-state index in [9.17, 15) is 4.79 Å². The first-order valence-corrected chi connectivity index (χ1v) is 7.82. The van der Waals surface area contributed by atoms with E-state index in [2.05, 4.69) is 9.88 Å². The summed E-state index contributed by atoms with van der Waals surface area (Å²) < 4.78 is 16.3. The van der Waals surface area contributed by atoms with Crippen LogP contribution in [0.1, 0.15) is 19.4 Å². The standard InChI is InChI=1S/C17H22N2O4/c1-4-21-11(2)8-19(3)9-13-5-12-6-15-16(23-10-22-15)7-14(12)18-17(13)20/h5-7,11H,4,8-10H2,1-3H3,(H,18,20)/t11-/m1/s1. The lowest BCUT2D eigenvalue weighted by atomic mass is 10.1. The molecule has 6 heteroatoms. The molecule has 0 saturated heterocycles. The first kappa shape index (κ1) is 15.8. The van der Waals surface area contributed by atoms with Gasteiger partial charge in [0, 0.05) is 36.7 Å². The van der Waals surface area contributed by atoms with Gasteiger partial charge in [0.2, 0.25) is 6.79 Å². The second-order valence-electron chi connectivity index (χ2n) is 5.88. The highest BCUT2D eigenvalue weighted by Crippen LogP contribution is 2.35. The third-order valence-corrected chi connectivity index (χ3v) is 3.87. The molecule has 1 aromatic carbocycles. The number of pyridine rings is 1. The molecule has 1 aliphatic rings. The van der Waals surface area contributed by atoms with Crippen LogP contribution in [0.2, 0.25) is 0 Å². The van der Waals surface area contributed by atoms with Crippen molar-refractivity contribution in [2.45, 2.75) is 26.5 Å². The number of aromatic nitrogens is 1. The minimum Gasteiger partial charge on any atom is -0.454 e. The third kappa shape index (κ3) is 3.48. The Hall–Kier alpha value is -2.05. The molecule has 1 aromatic heterocycles. The van der Waals surface area contributed by atoms with E-state index in [1.165, 1.54) is 0 Å². The fourth-order valence-electron chi connectivity index (χ4n) is 2.89. The lowest BCUT2D eigenvalue weighted by Crippen LogP contribution is -2.31. The van der Waals surface area contributed by atoms with Gasteiger partial charge in [-0.05, 0) is 33.0 Å². The maximum Gasteiger partial charge on any atom is 0.252 e. The van der Waals surface area contributed by atoms with Crippen molar-refractivity contribution in [2.75, 3.05) is 27.0 Å². The van der Waals surface area contributed by atoms with Crippen molar-refractivity contribution in [2.24, 2.45) is 0 Å². The maximum absolute atomic E-state index is 12.3.